The number of carbonyl (C=O) groups is 1. The van der Waals surface area contributed by atoms with Crippen molar-refractivity contribution in [2.45, 2.75) is 11.8 Å². The van der Waals surface area contributed by atoms with Gasteiger partial charge in [0.1, 0.15) is 5.75 Å². The summed E-state index contributed by atoms with van der Waals surface area (Å²) in [5.41, 5.74) is 7.09. The zero-order chi connectivity index (χ0) is 15.5. The molecule has 3 N–H and O–H groups in total. The van der Waals surface area contributed by atoms with Crippen LogP contribution >= 0.6 is 0 Å². The van der Waals surface area contributed by atoms with Crippen molar-refractivity contribution in [3.05, 3.63) is 54.1 Å². The van der Waals surface area contributed by atoms with Gasteiger partial charge in [0.2, 0.25) is 5.91 Å². The first-order valence-electron chi connectivity index (χ1n) is 6.32. The summed E-state index contributed by atoms with van der Waals surface area (Å²) in [5.74, 6) is -1.20. The van der Waals surface area contributed by atoms with Gasteiger partial charge in [-0.25, -0.2) is 8.42 Å². The van der Waals surface area contributed by atoms with Crippen LogP contribution in [0, 0.1) is 6.92 Å². The summed E-state index contributed by atoms with van der Waals surface area (Å²) in [6, 6.07) is 13.3. The first kappa shape index (κ1) is 15.1. The van der Waals surface area contributed by atoms with Crippen LogP contribution in [0.2, 0.25) is 0 Å². The van der Waals surface area contributed by atoms with Gasteiger partial charge in [0, 0.05) is 11.4 Å². The van der Waals surface area contributed by atoms with Crippen molar-refractivity contribution in [3.8, 4) is 0 Å². The molecule has 5 nitrogen and oxygen atoms in total. The van der Waals surface area contributed by atoms with E-state index >= 15 is 0 Å². The molecule has 0 radical (unpaired) electrons. The van der Waals surface area contributed by atoms with E-state index < -0.39 is 21.5 Å². The van der Waals surface area contributed by atoms with Gasteiger partial charge in [-0.3, -0.25) is 4.79 Å². The van der Waals surface area contributed by atoms with Crippen LogP contribution in [0.5, 0.6) is 0 Å². The molecular formula is C15H16N2O3S. The Morgan fingerprint density at radius 3 is 2.48 bits per heavy atom. The van der Waals surface area contributed by atoms with Crippen molar-refractivity contribution in [2.24, 2.45) is 0 Å². The molecule has 2 aromatic rings. The number of nitrogens with two attached hydrogens (primary N) is 1. The van der Waals surface area contributed by atoms with Gasteiger partial charge in [-0.15, -0.1) is 0 Å². The Morgan fingerprint density at radius 2 is 1.81 bits per heavy atom. The van der Waals surface area contributed by atoms with Crippen molar-refractivity contribution in [2.75, 3.05) is 16.8 Å². The number of sulfone groups is 1. The largest absolute Gasteiger partial charge is 0.399 e. The summed E-state index contributed by atoms with van der Waals surface area (Å²) in [7, 11) is -3.72. The highest BCUT2D eigenvalue weighted by atomic mass is 32.2. The number of carbonyl (C=O) groups excluding carboxylic acids is 1. The van der Waals surface area contributed by atoms with E-state index in [9.17, 15) is 13.2 Å². The number of hydrogen-bond donors (Lipinski definition) is 2. The second kappa shape index (κ2) is 5.97. The first-order valence-corrected chi connectivity index (χ1v) is 7.97. The Balaban J connectivity index is 2.18. The van der Waals surface area contributed by atoms with Crippen molar-refractivity contribution < 1.29 is 13.2 Å². The normalized spacial score (nSPS) is 11.1. The van der Waals surface area contributed by atoms with Crippen LogP contribution in [-0.4, -0.2) is 20.1 Å². The lowest BCUT2D eigenvalue weighted by atomic mass is 10.2. The second-order valence-electron chi connectivity index (χ2n) is 4.70. The van der Waals surface area contributed by atoms with Crippen LogP contribution in [0.3, 0.4) is 0 Å². The lowest BCUT2D eigenvalue weighted by Gasteiger charge is -2.09. The maximum atomic E-state index is 12.3. The zero-order valence-corrected chi connectivity index (χ0v) is 12.4. The number of hydrogen-bond acceptors (Lipinski definition) is 4. The lowest BCUT2D eigenvalue weighted by molar-refractivity contribution is -0.113. The van der Waals surface area contributed by atoms with Crippen molar-refractivity contribution in [1.82, 2.24) is 0 Å². The zero-order valence-electron chi connectivity index (χ0n) is 11.5. The minimum atomic E-state index is -3.72. The third-order valence-electron chi connectivity index (χ3n) is 2.93. The number of anilines is 2. The van der Waals surface area contributed by atoms with Crippen LogP contribution in [0.25, 0.3) is 0 Å². The molecule has 1 amide bonds. The van der Waals surface area contributed by atoms with Gasteiger partial charge in [0.25, 0.3) is 0 Å². The molecule has 0 aliphatic rings. The van der Waals surface area contributed by atoms with E-state index in [1.54, 1.807) is 43.3 Å². The fraction of sp³-hybridized carbons (Fsp3) is 0.133. The van der Waals surface area contributed by atoms with E-state index in [1.165, 1.54) is 6.07 Å². The number of rotatable bonds is 4. The molecule has 0 bridgehead atoms. The van der Waals surface area contributed by atoms with E-state index in [4.69, 9.17) is 5.73 Å². The SMILES string of the molecule is Cc1ccc(N)cc1S(=O)(=O)CC(=O)Nc1ccccc1. The van der Waals surface area contributed by atoms with Crippen LogP contribution in [-0.2, 0) is 14.6 Å². The third-order valence-corrected chi connectivity index (χ3v) is 4.68. The molecule has 0 unspecified atom stereocenters. The molecule has 0 atom stereocenters. The average Bonchev–Trinajstić information content (AvgIpc) is 2.41. The Morgan fingerprint density at radius 1 is 1.14 bits per heavy atom. The molecule has 0 spiro atoms. The minimum absolute atomic E-state index is 0.0886. The van der Waals surface area contributed by atoms with E-state index in [2.05, 4.69) is 5.32 Å². The predicted octanol–water partition coefficient (Wildman–Crippen LogP) is 1.99. The number of para-hydroxylation sites is 1. The third kappa shape index (κ3) is 3.82. The van der Waals surface area contributed by atoms with Gasteiger partial charge >= 0.3 is 0 Å². The van der Waals surface area contributed by atoms with Crippen molar-refractivity contribution in [3.63, 3.8) is 0 Å². The fourth-order valence-electron chi connectivity index (χ4n) is 1.92. The highest BCUT2D eigenvalue weighted by Crippen LogP contribution is 2.20. The number of nitrogen functional groups attached to an aromatic ring is 1. The highest BCUT2D eigenvalue weighted by molar-refractivity contribution is 7.92. The van der Waals surface area contributed by atoms with Crippen LogP contribution < -0.4 is 11.1 Å². The van der Waals surface area contributed by atoms with Gasteiger partial charge in [0.05, 0.1) is 4.90 Å². The molecule has 110 valence electrons. The summed E-state index contributed by atoms with van der Waals surface area (Å²) in [5, 5.41) is 2.55. The van der Waals surface area contributed by atoms with Gasteiger partial charge in [0.15, 0.2) is 9.84 Å². The second-order valence-corrected chi connectivity index (χ2v) is 6.66. The fourth-order valence-corrected chi connectivity index (χ4v) is 3.37. The Kier molecular flexibility index (Phi) is 4.28. The van der Waals surface area contributed by atoms with E-state index in [0.717, 1.165) is 0 Å². The topological polar surface area (TPSA) is 89.3 Å². The Hall–Kier alpha value is -2.34. The van der Waals surface area contributed by atoms with Crippen LogP contribution in [0.4, 0.5) is 11.4 Å². The molecule has 0 fully saturated rings. The van der Waals surface area contributed by atoms with Gasteiger partial charge < -0.3 is 11.1 Å². The van der Waals surface area contributed by atoms with Crippen molar-refractivity contribution in [1.29, 1.82) is 0 Å². The Labute approximate surface area is 123 Å². The smallest absolute Gasteiger partial charge is 0.239 e. The molecule has 0 heterocycles. The summed E-state index contributed by atoms with van der Waals surface area (Å²) in [4.78, 5) is 12.0. The van der Waals surface area contributed by atoms with E-state index in [1.807, 2.05) is 6.07 Å². The molecule has 0 aliphatic heterocycles. The number of benzene rings is 2. The predicted molar refractivity (Wildman–Crippen MR) is 82.7 cm³/mol. The molecule has 0 saturated carbocycles. The number of nitrogens with one attached hydrogen (secondary N) is 1. The van der Waals surface area contributed by atoms with Crippen LogP contribution in [0.15, 0.2) is 53.4 Å². The molecule has 0 saturated heterocycles. The van der Waals surface area contributed by atoms with Gasteiger partial charge in [-0.05, 0) is 36.8 Å². The molecule has 2 aromatic carbocycles. The summed E-state index contributed by atoms with van der Waals surface area (Å²) in [6.07, 6.45) is 0. The van der Waals surface area contributed by atoms with E-state index in [-0.39, 0.29) is 4.90 Å². The van der Waals surface area contributed by atoms with Gasteiger partial charge in [-0.1, -0.05) is 24.3 Å². The highest BCUT2D eigenvalue weighted by Gasteiger charge is 2.21. The summed E-state index contributed by atoms with van der Waals surface area (Å²) >= 11 is 0. The summed E-state index contributed by atoms with van der Waals surface area (Å²) in [6.45, 7) is 1.67. The average molecular weight is 304 g/mol. The van der Waals surface area contributed by atoms with Crippen molar-refractivity contribution >= 4 is 27.1 Å². The quantitative estimate of drug-likeness (QED) is 0.845. The molecule has 2 rings (SSSR count). The Bertz CT molecular complexity index is 756. The molecule has 6 heteroatoms. The number of aryl methyl sites for hydroxylation is 1. The maximum Gasteiger partial charge on any atom is 0.239 e. The number of amides is 1. The summed E-state index contributed by atoms with van der Waals surface area (Å²) < 4.78 is 24.6. The molecule has 0 aromatic heterocycles. The molecular weight excluding hydrogens is 288 g/mol. The van der Waals surface area contributed by atoms with Gasteiger partial charge in [-0.2, -0.15) is 0 Å². The van der Waals surface area contributed by atoms with E-state index in [0.29, 0.717) is 16.9 Å². The maximum absolute atomic E-state index is 12.3. The van der Waals surface area contributed by atoms with Crippen LogP contribution in [0.1, 0.15) is 5.56 Å². The minimum Gasteiger partial charge on any atom is -0.399 e. The monoisotopic (exact) mass is 304 g/mol. The standard InChI is InChI=1S/C15H16N2O3S/c1-11-7-8-12(16)9-14(11)21(19,20)10-15(18)17-13-5-3-2-4-6-13/h2-9H,10,16H2,1H3,(H,17,18). The first-order chi connectivity index (χ1) is 9.88. The molecule has 0 aliphatic carbocycles. The lowest BCUT2D eigenvalue weighted by Crippen LogP contribution is -2.23. The molecule has 21 heavy (non-hydrogen) atoms.